The minimum Gasteiger partial charge on any atom is -0.494 e. The third-order valence-electron chi connectivity index (χ3n) is 7.89. The fourth-order valence-corrected chi connectivity index (χ4v) is 6.96. The van der Waals surface area contributed by atoms with Gasteiger partial charge in [0.15, 0.2) is 5.96 Å². The van der Waals surface area contributed by atoms with E-state index in [4.69, 9.17) is 20.9 Å². The first-order chi connectivity index (χ1) is 17.2. The van der Waals surface area contributed by atoms with Crippen LogP contribution in [0.4, 0.5) is 4.79 Å². The molecule has 10 heteroatoms. The maximum absolute atomic E-state index is 13.0. The second kappa shape index (κ2) is 10.8. The number of carboxylic acid groups (broad SMARTS) is 1. The number of hydrogen-bond donors (Lipinski definition) is 3. The van der Waals surface area contributed by atoms with Gasteiger partial charge in [-0.25, -0.2) is 9.59 Å². The molecule has 4 saturated carbocycles. The second-order valence-corrected chi connectivity index (χ2v) is 10.6. The highest BCUT2D eigenvalue weighted by Gasteiger charge is 2.57. The molecule has 4 aliphatic carbocycles. The Morgan fingerprint density at radius 1 is 1.08 bits per heavy atom. The molecular weight excluding hydrogens is 464 g/mol. The minimum atomic E-state index is -1.03. The number of carboxylic acids is 1. The molecule has 0 radical (unpaired) electrons. The van der Waals surface area contributed by atoms with Crippen LogP contribution in [0.15, 0.2) is 29.3 Å². The highest BCUT2D eigenvalue weighted by atomic mass is 16.5. The van der Waals surface area contributed by atoms with Gasteiger partial charge in [0.25, 0.3) is 0 Å². The number of benzene rings is 1. The molecule has 5 N–H and O–H groups in total. The van der Waals surface area contributed by atoms with Gasteiger partial charge in [-0.1, -0.05) is 12.1 Å². The third kappa shape index (κ3) is 5.74. The van der Waals surface area contributed by atoms with E-state index in [1.165, 1.54) is 26.4 Å². The van der Waals surface area contributed by atoms with Gasteiger partial charge in [-0.15, -0.1) is 0 Å². The SMILES string of the molecule is COC(=O)N([C@@H](Cc1ccc(OCCCC(=O)N=C(N)N)cc1)C(=O)O)C12CC3CC(CC(C3)C1)C2. The summed E-state index contributed by atoms with van der Waals surface area (Å²) in [5.74, 6) is 0.595. The first kappa shape index (κ1) is 25.8. The van der Waals surface area contributed by atoms with E-state index in [1.54, 1.807) is 17.0 Å². The number of rotatable bonds is 10. The summed E-state index contributed by atoms with van der Waals surface area (Å²) in [7, 11) is 1.33. The molecule has 4 aliphatic rings. The van der Waals surface area contributed by atoms with Gasteiger partial charge in [-0.2, -0.15) is 4.99 Å². The number of methoxy groups -OCH3 is 1. The maximum Gasteiger partial charge on any atom is 0.410 e. The second-order valence-electron chi connectivity index (χ2n) is 10.6. The highest BCUT2D eigenvalue weighted by Crippen LogP contribution is 2.58. The highest BCUT2D eigenvalue weighted by molar-refractivity contribution is 5.91. The fraction of sp³-hybridized carbons (Fsp3) is 0.615. The van der Waals surface area contributed by atoms with Gasteiger partial charge in [0, 0.05) is 18.4 Å². The smallest absolute Gasteiger partial charge is 0.410 e. The zero-order valence-corrected chi connectivity index (χ0v) is 20.7. The number of guanidine groups is 1. The van der Waals surface area contributed by atoms with Gasteiger partial charge in [0.2, 0.25) is 5.91 Å². The summed E-state index contributed by atoms with van der Waals surface area (Å²) in [6.07, 6.45) is 6.39. The third-order valence-corrected chi connectivity index (χ3v) is 7.89. The van der Waals surface area contributed by atoms with Crippen LogP contribution in [-0.4, -0.2) is 59.2 Å². The Bertz CT molecular complexity index is 969. The molecule has 0 spiro atoms. The number of ether oxygens (including phenoxy) is 2. The Morgan fingerprint density at radius 2 is 1.67 bits per heavy atom. The molecule has 10 nitrogen and oxygen atoms in total. The number of amides is 2. The van der Waals surface area contributed by atoms with E-state index < -0.39 is 29.6 Å². The summed E-state index contributed by atoms with van der Waals surface area (Å²) < 4.78 is 10.8. The number of nitrogens with zero attached hydrogens (tertiary/aromatic N) is 2. The lowest BCUT2D eigenvalue weighted by molar-refractivity contribution is -0.151. The molecule has 4 fully saturated rings. The summed E-state index contributed by atoms with van der Waals surface area (Å²) in [5, 5.41) is 10.2. The van der Waals surface area contributed by atoms with Crippen molar-refractivity contribution in [2.75, 3.05) is 13.7 Å². The Kier molecular flexibility index (Phi) is 7.70. The summed E-state index contributed by atoms with van der Waals surface area (Å²) in [6, 6.07) is 6.14. The van der Waals surface area contributed by atoms with Crippen molar-refractivity contribution < 1.29 is 29.0 Å². The Hall–Kier alpha value is -3.30. The van der Waals surface area contributed by atoms with Crippen molar-refractivity contribution in [1.82, 2.24) is 4.90 Å². The quantitative estimate of drug-likeness (QED) is 0.251. The fourth-order valence-electron chi connectivity index (χ4n) is 6.96. The van der Waals surface area contributed by atoms with Gasteiger partial charge in [-0.05, 0) is 80.4 Å². The number of carbonyl (C=O) groups excluding carboxylic acids is 2. The zero-order valence-electron chi connectivity index (χ0n) is 20.7. The van der Waals surface area contributed by atoms with Crippen LogP contribution in [0.25, 0.3) is 0 Å². The van der Waals surface area contributed by atoms with Crippen molar-refractivity contribution in [2.24, 2.45) is 34.2 Å². The van der Waals surface area contributed by atoms with Crippen LogP contribution >= 0.6 is 0 Å². The molecule has 0 heterocycles. The van der Waals surface area contributed by atoms with Gasteiger partial charge in [-0.3, -0.25) is 9.69 Å². The average Bonchev–Trinajstić information content (AvgIpc) is 2.80. The van der Waals surface area contributed by atoms with Crippen LogP contribution in [0.2, 0.25) is 0 Å². The van der Waals surface area contributed by atoms with E-state index in [0.29, 0.717) is 36.5 Å². The molecule has 196 valence electrons. The first-order valence-corrected chi connectivity index (χ1v) is 12.6. The minimum absolute atomic E-state index is 0.171. The molecule has 1 aromatic carbocycles. The summed E-state index contributed by atoms with van der Waals surface area (Å²) >= 11 is 0. The van der Waals surface area contributed by atoms with E-state index >= 15 is 0 Å². The molecule has 0 aliphatic heterocycles. The molecule has 4 bridgehead atoms. The number of aliphatic imine (C=N–C) groups is 1. The lowest BCUT2D eigenvalue weighted by Crippen LogP contribution is -2.65. The van der Waals surface area contributed by atoms with Crippen molar-refractivity contribution >= 4 is 23.9 Å². The Morgan fingerprint density at radius 3 is 2.17 bits per heavy atom. The van der Waals surface area contributed by atoms with E-state index in [2.05, 4.69) is 4.99 Å². The van der Waals surface area contributed by atoms with Crippen molar-refractivity contribution in [3.8, 4) is 5.75 Å². The van der Waals surface area contributed by atoms with Crippen LogP contribution in [0, 0.1) is 17.8 Å². The largest absolute Gasteiger partial charge is 0.494 e. The predicted octanol–water partition coefficient (Wildman–Crippen LogP) is 2.68. The van der Waals surface area contributed by atoms with Gasteiger partial charge in [0.1, 0.15) is 11.8 Å². The van der Waals surface area contributed by atoms with Crippen molar-refractivity contribution in [1.29, 1.82) is 0 Å². The molecule has 0 aromatic heterocycles. The summed E-state index contributed by atoms with van der Waals surface area (Å²) in [6.45, 7) is 0.310. The molecular formula is C26H36N4O6. The molecule has 1 atom stereocenters. The summed E-state index contributed by atoms with van der Waals surface area (Å²) in [4.78, 5) is 42.1. The van der Waals surface area contributed by atoms with Crippen molar-refractivity contribution in [3.63, 3.8) is 0 Å². The van der Waals surface area contributed by atoms with Crippen molar-refractivity contribution in [2.45, 2.75) is 69.4 Å². The van der Waals surface area contributed by atoms with Crippen LogP contribution in [0.5, 0.6) is 5.75 Å². The topological polar surface area (TPSA) is 158 Å². The first-order valence-electron chi connectivity index (χ1n) is 12.6. The predicted molar refractivity (Wildman–Crippen MR) is 132 cm³/mol. The monoisotopic (exact) mass is 500 g/mol. The molecule has 0 unspecified atom stereocenters. The summed E-state index contributed by atoms with van der Waals surface area (Å²) in [5.41, 5.74) is 10.7. The maximum atomic E-state index is 13.0. The van der Waals surface area contributed by atoms with Crippen LogP contribution in [-0.2, 0) is 20.7 Å². The van der Waals surface area contributed by atoms with Gasteiger partial charge in [0.05, 0.1) is 13.7 Å². The van der Waals surface area contributed by atoms with Crippen molar-refractivity contribution in [3.05, 3.63) is 29.8 Å². The van der Waals surface area contributed by atoms with Gasteiger partial charge >= 0.3 is 12.1 Å². The molecule has 36 heavy (non-hydrogen) atoms. The Labute approximate surface area is 211 Å². The normalized spacial score (nSPS) is 26.6. The number of hydrogen-bond acceptors (Lipinski definition) is 5. The standard InChI is InChI=1S/C26H36N4O6/c1-35-25(34)30(26-13-17-9-18(14-26)11-19(10-17)15-26)21(23(32)33)12-16-4-6-20(7-5-16)36-8-2-3-22(31)29-24(27)28/h4-7,17-19,21H,2-3,8-15H2,1H3,(H,32,33)(H4,27,28,29,31)/t17?,18?,19?,21-,26?/m0/s1. The molecule has 0 saturated heterocycles. The van der Waals surface area contributed by atoms with Gasteiger partial charge < -0.3 is 26.0 Å². The zero-order chi connectivity index (χ0) is 25.9. The number of aliphatic carboxylic acids is 1. The average molecular weight is 501 g/mol. The van der Waals surface area contributed by atoms with E-state index in [1.807, 2.05) is 12.1 Å². The van der Waals surface area contributed by atoms with E-state index in [-0.39, 0.29) is 18.8 Å². The molecule has 5 rings (SSSR count). The van der Waals surface area contributed by atoms with E-state index in [9.17, 15) is 19.5 Å². The van der Waals surface area contributed by atoms with Crippen LogP contribution in [0.3, 0.4) is 0 Å². The molecule has 2 amide bonds. The molecule has 1 aromatic rings. The lowest BCUT2D eigenvalue weighted by Gasteiger charge is -2.60. The lowest BCUT2D eigenvalue weighted by atomic mass is 9.52. The van der Waals surface area contributed by atoms with Crippen LogP contribution in [0.1, 0.15) is 56.9 Å². The number of carbonyl (C=O) groups is 3. The van der Waals surface area contributed by atoms with E-state index in [0.717, 1.165) is 24.8 Å². The number of nitrogens with two attached hydrogens (primary N) is 2. The Balaban J connectivity index is 1.42. The van der Waals surface area contributed by atoms with Crippen LogP contribution < -0.4 is 16.2 Å².